The molecule has 0 unspecified atom stereocenters. The van der Waals surface area contributed by atoms with Crippen LogP contribution in [-0.4, -0.2) is 65.3 Å². The van der Waals surface area contributed by atoms with Gasteiger partial charge in [-0.3, -0.25) is 9.48 Å². The van der Waals surface area contributed by atoms with Crippen LogP contribution in [0.15, 0.2) is 54.9 Å². The number of carboxylic acids is 1. The number of para-hydroxylation sites is 1. The van der Waals surface area contributed by atoms with Crippen molar-refractivity contribution in [2.45, 2.75) is 39.0 Å². The monoisotopic (exact) mass is 583 g/mol. The highest BCUT2D eigenvalue weighted by atomic mass is 35.5. The van der Waals surface area contributed by atoms with E-state index in [9.17, 15) is 14.7 Å². The van der Waals surface area contributed by atoms with Crippen LogP contribution in [0.4, 0.5) is 5.69 Å². The third-order valence-corrected chi connectivity index (χ3v) is 7.06. The standard InChI is InChI=1S/C30H34ClN3O7/c1-30(2,18-35)17-34-23-10-9-20(31)14-22(23)27(21-6-5-7-24(39-3)28(21)40-4)41-25(29(34)38)12-13-33-16-19(15-32-33)8-11-26(36)37/h5-11,14-16,25,27,35H,12-13,17-18H2,1-4H3,(H,36,37)/b11-8+/t25-,27-/m1/s1. The smallest absolute Gasteiger partial charge is 0.328 e. The zero-order valence-corrected chi connectivity index (χ0v) is 24.2. The normalized spacial score (nSPS) is 17.4. The third-order valence-electron chi connectivity index (χ3n) is 6.83. The maximum atomic E-state index is 14.2. The quantitative estimate of drug-likeness (QED) is 0.314. The molecule has 0 saturated heterocycles. The highest BCUT2D eigenvalue weighted by Crippen LogP contribution is 2.45. The van der Waals surface area contributed by atoms with E-state index in [0.29, 0.717) is 45.4 Å². The van der Waals surface area contributed by atoms with Gasteiger partial charge in [0.05, 0.1) is 20.4 Å². The van der Waals surface area contributed by atoms with Crippen LogP contribution in [0.3, 0.4) is 0 Å². The predicted molar refractivity (Wildman–Crippen MR) is 154 cm³/mol. The second kappa shape index (κ2) is 12.8. The largest absolute Gasteiger partial charge is 0.493 e. The maximum absolute atomic E-state index is 14.2. The van der Waals surface area contributed by atoms with Crippen molar-refractivity contribution >= 4 is 35.2 Å². The molecule has 2 N–H and O–H groups in total. The molecule has 0 bridgehead atoms. The van der Waals surface area contributed by atoms with Gasteiger partial charge in [-0.1, -0.05) is 37.6 Å². The van der Waals surface area contributed by atoms with Gasteiger partial charge < -0.3 is 29.3 Å². The molecule has 2 aromatic carbocycles. The molecule has 0 radical (unpaired) electrons. The molecule has 0 saturated carbocycles. The van der Waals surface area contributed by atoms with Gasteiger partial charge >= 0.3 is 5.97 Å². The van der Waals surface area contributed by atoms with Crippen LogP contribution in [-0.2, 0) is 20.9 Å². The average Bonchev–Trinajstić information content (AvgIpc) is 3.38. The van der Waals surface area contributed by atoms with Crippen LogP contribution in [0.2, 0.25) is 5.02 Å². The van der Waals surface area contributed by atoms with Crippen LogP contribution in [0.25, 0.3) is 6.08 Å². The van der Waals surface area contributed by atoms with Gasteiger partial charge in [-0.25, -0.2) is 4.79 Å². The van der Waals surface area contributed by atoms with Gasteiger partial charge in [-0.2, -0.15) is 5.10 Å². The molecule has 218 valence electrons. The Hall–Kier alpha value is -3.86. The molecule has 3 aromatic rings. The van der Waals surface area contributed by atoms with Crippen molar-refractivity contribution in [2.75, 3.05) is 32.3 Å². The number of anilines is 1. The highest BCUT2D eigenvalue weighted by Gasteiger charge is 2.39. The Kier molecular flexibility index (Phi) is 9.37. The van der Waals surface area contributed by atoms with Crippen molar-refractivity contribution < 1.29 is 34.0 Å². The number of fused-ring (bicyclic) bond motifs is 1. The Labute approximate surface area is 243 Å². The zero-order valence-electron chi connectivity index (χ0n) is 23.4. The van der Waals surface area contributed by atoms with E-state index in [4.69, 9.17) is 30.9 Å². The average molecular weight is 584 g/mol. The number of carbonyl (C=O) groups excluding carboxylic acids is 1. The molecule has 11 heteroatoms. The molecule has 4 rings (SSSR count). The number of halogens is 1. The fraction of sp³-hybridized carbons (Fsp3) is 0.367. The molecule has 2 heterocycles. The van der Waals surface area contributed by atoms with Crippen molar-refractivity contribution in [3.63, 3.8) is 0 Å². The van der Waals surface area contributed by atoms with Crippen LogP contribution < -0.4 is 14.4 Å². The van der Waals surface area contributed by atoms with Gasteiger partial charge in [0.15, 0.2) is 11.5 Å². The van der Waals surface area contributed by atoms with Crippen LogP contribution in [0.5, 0.6) is 11.5 Å². The number of aromatic nitrogens is 2. The van der Waals surface area contributed by atoms with Crippen molar-refractivity contribution in [3.8, 4) is 11.5 Å². The molecule has 0 spiro atoms. The number of aliphatic hydroxyl groups is 1. The van der Waals surface area contributed by atoms with Gasteiger partial charge in [0.2, 0.25) is 0 Å². The predicted octanol–water partition coefficient (Wildman–Crippen LogP) is 4.58. The number of hydrogen-bond acceptors (Lipinski definition) is 7. The van der Waals surface area contributed by atoms with E-state index in [-0.39, 0.29) is 25.5 Å². The lowest BCUT2D eigenvalue weighted by atomic mass is 9.92. The van der Waals surface area contributed by atoms with E-state index < -0.39 is 23.6 Å². The first-order valence-corrected chi connectivity index (χ1v) is 13.5. The third kappa shape index (κ3) is 6.90. The van der Waals surface area contributed by atoms with E-state index in [1.165, 1.54) is 6.08 Å². The summed E-state index contributed by atoms with van der Waals surface area (Å²) in [6, 6.07) is 10.8. The Balaban J connectivity index is 1.78. The van der Waals surface area contributed by atoms with E-state index in [1.54, 1.807) is 60.5 Å². The Morgan fingerprint density at radius 1 is 1.20 bits per heavy atom. The fourth-order valence-electron chi connectivity index (χ4n) is 4.77. The number of ether oxygens (including phenoxy) is 3. The summed E-state index contributed by atoms with van der Waals surface area (Å²) in [5.41, 5.74) is 1.98. The molecule has 1 aliphatic rings. The highest BCUT2D eigenvalue weighted by molar-refractivity contribution is 6.30. The lowest BCUT2D eigenvalue weighted by Crippen LogP contribution is -2.45. The topological polar surface area (TPSA) is 123 Å². The number of carboxylic acid groups (broad SMARTS) is 1. The SMILES string of the molecule is COc1cccc([C@H]2O[C@H](CCn3cc(/C=C/C(=O)O)cn3)C(=O)N(CC(C)(C)CO)c3ccc(Cl)cc32)c1OC. The van der Waals surface area contributed by atoms with E-state index in [2.05, 4.69) is 5.10 Å². The summed E-state index contributed by atoms with van der Waals surface area (Å²) < 4.78 is 19.5. The van der Waals surface area contributed by atoms with Crippen molar-refractivity contribution in [1.29, 1.82) is 0 Å². The Morgan fingerprint density at radius 3 is 2.66 bits per heavy atom. The van der Waals surface area contributed by atoms with Crippen molar-refractivity contribution in [1.82, 2.24) is 9.78 Å². The molecule has 2 atom stereocenters. The summed E-state index contributed by atoms with van der Waals surface area (Å²) in [4.78, 5) is 26.7. The number of amides is 1. The minimum absolute atomic E-state index is 0.127. The first-order valence-electron chi connectivity index (χ1n) is 13.1. The first-order chi connectivity index (χ1) is 19.6. The van der Waals surface area contributed by atoms with Crippen LogP contribution in [0, 0.1) is 5.41 Å². The number of nitrogens with zero attached hydrogens (tertiary/aromatic N) is 3. The summed E-state index contributed by atoms with van der Waals surface area (Å²) in [7, 11) is 3.10. The Bertz CT molecular complexity index is 1440. The number of carbonyl (C=O) groups is 2. The fourth-order valence-corrected chi connectivity index (χ4v) is 4.95. The summed E-state index contributed by atoms with van der Waals surface area (Å²) in [5.74, 6) is -0.332. The second-order valence-electron chi connectivity index (χ2n) is 10.5. The minimum atomic E-state index is -1.06. The number of hydrogen-bond donors (Lipinski definition) is 2. The summed E-state index contributed by atoms with van der Waals surface area (Å²) in [6.45, 7) is 4.21. The molecule has 10 nitrogen and oxygen atoms in total. The second-order valence-corrected chi connectivity index (χ2v) is 11.0. The lowest BCUT2D eigenvalue weighted by Gasteiger charge is -2.32. The van der Waals surface area contributed by atoms with E-state index in [0.717, 1.165) is 6.08 Å². The number of rotatable bonds is 11. The molecular formula is C30H34ClN3O7. The minimum Gasteiger partial charge on any atom is -0.493 e. The lowest BCUT2D eigenvalue weighted by molar-refractivity contribution is -0.133. The van der Waals surface area contributed by atoms with Crippen LogP contribution in [0.1, 0.15) is 43.1 Å². The van der Waals surface area contributed by atoms with E-state index >= 15 is 0 Å². The number of methoxy groups -OCH3 is 2. The maximum Gasteiger partial charge on any atom is 0.328 e. The number of benzene rings is 2. The molecule has 1 aliphatic heterocycles. The summed E-state index contributed by atoms with van der Waals surface area (Å²) >= 11 is 6.48. The first kappa shape index (κ1) is 30.1. The van der Waals surface area contributed by atoms with Crippen molar-refractivity contribution in [2.24, 2.45) is 5.41 Å². The van der Waals surface area contributed by atoms with E-state index in [1.807, 2.05) is 26.0 Å². The van der Waals surface area contributed by atoms with Gasteiger partial charge in [-0.15, -0.1) is 0 Å². The molecule has 1 amide bonds. The van der Waals surface area contributed by atoms with Gasteiger partial charge in [-0.05, 0) is 30.3 Å². The number of aliphatic carboxylic acids is 1. The zero-order chi connectivity index (χ0) is 29.7. The van der Waals surface area contributed by atoms with Crippen molar-refractivity contribution in [3.05, 3.63) is 76.6 Å². The molecule has 1 aromatic heterocycles. The summed E-state index contributed by atoms with van der Waals surface area (Å²) in [5, 5.41) is 23.7. The molecular weight excluding hydrogens is 550 g/mol. The number of aryl methyl sites for hydroxylation is 1. The van der Waals surface area contributed by atoms with Gasteiger partial charge in [0, 0.05) is 71.2 Å². The molecule has 0 fully saturated rings. The van der Waals surface area contributed by atoms with Crippen LogP contribution >= 0.6 is 11.6 Å². The number of aliphatic hydroxyl groups excluding tert-OH is 1. The summed E-state index contributed by atoms with van der Waals surface area (Å²) in [6.07, 6.45) is 4.36. The van der Waals surface area contributed by atoms with Gasteiger partial charge in [0.1, 0.15) is 12.2 Å². The van der Waals surface area contributed by atoms with Gasteiger partial charge in [0.25, 0.3) is 5.91 Å². The molecule has 0 aliphatic carbocycles. The molecule has 41 heavy (non-hydrogen) atoms. The Morgan fingerprint density at radius 2 is 1.98 bits per heavy atom.